The summed E-state index contributed by atoms with van der Waals surface area (Å²) in [6.07, 6.45) is 15.1. The molecular formula is C27H51ClN2. The molecule has 4 saturated carbocycles. The van der Waals surface area contributed by atoms with Crippen LogP contribution in [-0.4, -0.2) is 12.1 Å². The zero-order valence-corrected chi connectivity index (χ0v) is 21.4. The highest BCUT2D eigenvalue weighted by molar-refractivity contribution is 5.85. The molecule has 0 heterocycles. The first-order valence-electron chi connectivity index (χ1n) is 13.2. The number of rotatable bonds is 5. The predicted molar refractivity (Wildman–Crippen MR) is 132 cm³/mol. The van der Waals surface area contributed by atoms with Crippen molar-refractivity contribution in [3.63, 3.8) is 0 Å². The first-order chi connectivity index (χ1) is 13.7. The van der Waals surface area contributed by atoms with Gasteiger partial charge in [0.1, 0.15) is 0 Å². The van der Waals surface area contributed by atoms with Gasteiger partial charge in [-0.1, -0.05) is 53.9 Å². The van der Waals surface area contributed by atoms with E-state index in [0.29, 0.717) is 22.9 Å². The molecule has 10 atom stereocenters. The number of halogens is 1. The molecule has 176 valence electrons. The quantitative estimate of drug-likeness (QED) is 0.496. The largest absolute Gasteiger partial charge is 0.328 e. The molecule has 0 aromatic rings. The fraction of sp³-hybridized carbons (Fsp3) is 1.00. The highest BCUT2D eigenvalue weighted by Crippen LogP contribution is 2.68. The molecule has 4 aliphatic carbocycles. The van der Waals surface area contributed by atoms with E-state index in [1.807, 2.05) is 0 Å². The van der Waals surface area contributed by atoms with Gasteiger partial charge in [-0.15, -0.1) is 12.4 Å². The van der Waals surface area contributed by atoms with Gasteiger partial charge in [0, 0.05) is 12.1 Å². The van der Waals surface area contributed by atoms with Gasteiger partial charge in [-0.05, 0) is 104 Å². The van der Waals surface area contributed by atoms with E-state index in [4.69, 9.17) is 11.5 Å². The van der Waals surface area contributed by atoms with Crippen LogP contribution in [0.5, 0.6) is 0 Å². The minimum absolute atomic E-state index is 0. The van der Waals surface area contributed by atoms with Gasteiger partial charge < -0.3 is 11.5 Å². The third-order valence-electron chi connectivity index (χ3n) is 11.0. The summed E-state index contributed by atoms with van der Waals surface area (Å²) < 4.78 is 0. The van der Waals surface area contributed by atoms with Gasteiger partial charge >= 0.3 is 0 Å². The number of nitrogens with two attached hydrogens (primary N) is 2. The molecule has 4 aliphatic rings. The summed E-state index contributed by atoms with van der Waals surface area (Å²) in [5.41, 5.74) is 14.5. The van der Waals surface area contributed by atoms with Gasteiger partial charge in [0.15, 0.2) is 0 Å². The molecule has 0 spiro atoms. The number of hydrogen-bond acceptors (Lipinski definition) is 2. The summed E-state index contributed by atoms with van der Waals surface area (Å²) in [6, 6.07) is 0.844. The van der Waals surface area contributed by atoms with Crippen molar-refractivity contribution in [2.75, 3.05) is 0 Å². The summed E-state index contributed by atoms with van der Waals surface area (Å²) in [5, 5.41) is 0. The maximum Gasteiger partial charge on any atom is 0.00757 e. The Kier molecular flexibility index (Phi) is 7.64. The monoisotopic (exact) mass is 438 g/mol. The average Bonchev–Trinajstić information content (AvgIpc) is 3.00. The second-order valence-electron chi connectivity index (χ2n) is 13.0. The van der Waals surface area contributed by atoms with Crippen LogP contribution in [0.1, 0.15) is 105 Å². The maximum absolute atomic E-state index is 7.01. The van der Waals surface area contributed by atoms with Crippen LogP contribution >= 0.6 is 12.4 Å². The highest BCUT2D eigenvalue weighted by Gasteiger charge is 2.62. The molecule has 4 rings (SSSR count). The third kappa shape index (κ3) is 4.12. The zero-order valence-electron chi connectivity index (χ0n) is 20.5. The van der Waals surface area contributed by atoms with Crippen LogP contribution in [0, 0.1) is 52.3 Å². The molecule has 0 radical (unpaired) electrons. The molecule has 4 N–H and O–H groups in total. The second kappa shape index (κ2) is 9.22. The maximum atomic E-state index is 7.01. The van der Waals surface area contributed by atoms with Gasteiger partial charge in [-0.25, -0.2) is 0 Å². The third-order valence-corrected chi connectivity index (χ3v) is 11.0. The SMILES string of the molecule is CC(C)CCC[C@@H](C)[C@H]1CC[C@H]2[C@@H]3[C@H](N)C[C@H]4C[C@H](N)CC[C@]4(C)[C@H]3CC[C@]12C.Cl. The normalized spacial score (nSPS) is 49.0. The lowest BCUT2D eigenvalue weighted by molar-refractivity contribution is -0.124. The Morgan fingerprint density at radius 1 is 0.833 bits per heavy atom. The summed E-state index contributed by atoms with van der Waals surface area (Å²) in [4.78, 5) is 0. The first-order valence-corrected chi connectivity index (χ1v) is 13.2. The van der Waals surface area contributed by atoms with Crippen molar-refractivity contribution in [1.29, 1.82) is 0 Å². The lowest BCUT2D eigenvalue weighted by Gasteiger charge is -2.63. The van der Waals surface area contributed by atoms with Crippen molar-refractivity contribution in [2.45, 2.75) is 117 Å². The van der Waals surface area contributed by atoms with Crippen molar-refractivity contribution >= 4 is 12.4 Å². The molecule has 2 nitrogen and oxygen atoms in total. The average molecular weight is 439 g/mol. The standard InChI is InChI=1S/C27H50N2.ClH/c1-17(2)7-6-8-18(3)21-9-10-22-25-23(12-14-27(21,22)5)26(4)13-11-20(28)15-19(26)16-24(25)29;/h17-25H,6-16,28-29H2,1-5H3;1H/t18-,19-,20-,21-,22+,23+,24-,25+,26+,27-;/m1./s1. The van der Waals surface area contributed by atoms with Crippen molar-refractivity contribution in [1.82, 2.24) is 0 Å². The second-order valence-corrected chi connectivity index (χ2v) is 13.0. The van der Waals surface area contributed by atoms with Gasteiger partial charge in [0.25, 0.3) is 0 Å². The Labute approximate surface area is 193 Å². The Hall–Kier alpha value is 0.210. The molecule has 4 fully saturated rings. The Bertz CT molecular complexity index is 579. The van der Waals surface area contributed by atoms with E-state index in [0.717, 1.165) is 41.4 Å². The van der Waals surface area contributed by atoms with Crippen molar-refractivity contribution in [3.05, 3.63) is 0 Å². The topological polar surface area (TPSA) is 52.0 Å². The Morgan fingerprint density at radius 3 is 2.20 bits per heavy atom. The molecule has 0 saturated heterocycles. The zero-order chi connectivity index (χ0) is 21.0. The van der Waals surface area contributed by atoms with Crippen LogP contribution in [0.3, 0.4) is 0 Å². The fourth-order valence-electron chi connectivity index (χ4n) is 9.38. The van der Waals surface area contributed by atoms with Gasteiger partial charge in [-0.3, -0.25) is 0 Å². The van der Waals surface area contributed by atoms with E-state index in [-0.39, 0.29) is 12.4 Å². The van der Waals surface area contributed by atoms with Crippen LogP contribution < -0.4 is 11.5 Å². The molecular weight excluding hydrogens is 388 g/mol. The molecule has 0 aromatic carbocycles. The van der Waals surface area contributed by atoms with Gasteiger partial charge in [0.05, 0.1) is 0 Å². The van der Waals surface area contributed by atoms with Crippen LogP contribution in [0.15, 0.2) is 0 Å². The van der Waals surface area contributed by atoms with Gasteiger partial charge in [0.2, 0.25) is 0 Å². The van der Waals surface area contributed by atoms with E-state index in [1.165, 1.54) is 70.6 Å². The van der Waals surface area contributed by atoms with E-state index in [2.05, 4.69) is 34.6 Å². The number of hydrogen-bond donors (Lipinski definition) is 2. The fourth-order valence-corrected chi connectivity index (χ4v) is 9.38. The van der Waals surface area contributed by atoms with Crippen LogP contribution in [-0.2, 0) is 0 Å². The van der Waals surface area contributed by atoms with Crippen molar-refractivity contribution in [3.8, 4) is 0 Å². The summed E-state index contributed by atoms with van der Waals surface area (Å²) >= 11 is 0. The first kappa shape index (κ1) is 24.8. The molecule has 30 heavy (non-hydrogen) atoms. The predicted octanol–water partition coefficient (Wildman–Crippen LogP) is 6.79. The molecule has 0 aliphatic heterocycles. The van der Waals surface area contributed by atoms with E-state index < -0.39 is 0 Å². The van der Waals surface area contributed by atoms with E-state index in [1.54, 1.807) is 0 Å². The molecule has 0 bridgehead atoms. The lowest BCUT2D eigenvalue weighted by atomic mass is 9.43. The van der Waals surface area contributed by atoms with E-state index >= 15 is 0 Å². The van der Waals surface area contributed by atoms with Crippen LogP contribution in [0.4, 0.5) is 0 Å². The Morgan fingerprint density at radius 2 is 1.50 bits per heavy atom. The Balaban J connectivity index is 0.00000256. The smallest absolute Gasteiger partial charge is 0.00757 e. The minimum Gasteiger partial charge on any atom is -0.328 e. The highest BCUT2D eigenvalue weighted by atomic mass is 35.5. The molecule has 0 aromatic heterocycles. The number of fused-ring (bicyclic) bond motifs is 5. The molecule has 3 heteroatoms. The van der Waals surface area contributed by atoms with Crippen molar-refractivity contribution < 1.29 is 0 Å². The van der Waals surface area contributed by atoms with Crippen LogP contribution in [0.2, 0.25) is 0 Å². The molecule has 0 unspecified atom stereocenters. The summed E-state index contributed by atoms with van der Waals surface area (Å²) in [6.45, 7) is 12.6. The van der Waals surface area contributed by atoms with Crippen molar-refractivity contribution in [2.24, 2.45) is 63.7 Å². The summed E-state index contributed by atoms with van der Waals surface area (Å²) in [5.74, 6) is 5.95. The summed E-state index contributed by atoms with van der Waals surface area (Å²) in [7, 11) is 0. The van der Waals surface area contributed by atoms with E-state index in [9.17, 15) is 0 Å². The lowest BCUT2D eigenvalue weighted by Crippen LogP contribution is -2.61. The van der Waals surface area contributed by atoms with Gasteiger partial charge in [-0.2, -0.15) is 0 Å². The minimum atomic E-state index is 0. The molecule has 0 amide bonds. The van der Waals surface area contributed by atoms with Crippen LogP contribution in [0.25, 0.3) is 0 Å².